The van der Waals surface area contributed by atoms with E-state index in [2.05, 4.69) is 6.58 Å². The second-order valence-electron chi connectivity index (χ2n) is 5.37. The summed E-state index contributed by atoms with van der Waals surface area (Å²) in [5, 5.41) is 10.0. The summed E-state index contributed by atoms with van der Waals surface area (Å²) in [5.41, 5.74) is 0.258. The van der Waals surface area contributed by atoms with Crippen LogP contribution in [0.25, 0.3) is 0 Å². The van der Waals surface area contributed by atoms with E-state index in [0.717, 1.165) is 5.57 Å². The molecule has 1 saturated carbocycles. The minimum atomic E-state index is -0.770. The fourth-order valence-electron chi connectivity index (χ4n) is 2.20. The van der Waals surface area contributed by atoms with Gasteiger partial charge in [0.15, 0.2) is 0 Å². The highest BCUT2D eigenvalue weighted by atomic mass is 16.5. The van der Waals surface area contributed by atoms with Crippen molar-refractivity contribution in [3.63, 3.8) is 0 Å². The van der Waals surface area contributed by atoms with E-state index in [1.165, 1.54) is 0 Å². The Morgan fingerprint density at radius 3 is 2.50 bits per heavy atom. The summed E-state index contributed by atoms with van der Waals surface area (Å²) >= 11 is 0. The van der Waals surface area contributed by atoms with Gasteiger partial charge in [0, 0.05) is 0 Å². The number of esters is 1. The smallest absolute Gasteiger partial charge is 0.314 e. The first-order valence-corrected chi connectivity index (χ1v) is 5.82. The molecule has 0 unspecified atom stereocenters. The zero-order valence-corrected chi connectivity index (χ0v) is 10.6. The van der Waals surface area contributed by atoms with Crippen LogP contribution in [0.4, 0.5) is 0 Å². The Hall–Kier alpha value is -0.830. The topological polar surface area (TPSA) is 46.5 Å². The lowest BCUT2D eigenvalue weighted by molar-refractivity contribution is -0.164. The molecule has 0 amide bonds. The largest absolute Gasteiger partial charge is 0.462 e. The highest BCUT2D eigenvalue weighted by Crippen LogP contribution is 2.45. The van der Waals surface area contributed by atoms with Crippen LogP contribution in [0.1, 0.15) is 40.5 Å². The number of carbonyl (C=O) groups is 1. The van der Waals surface area contributed by atoms with Crippen molar-refractivity contribution in [2.24, 2.45) is 11.3 Å². The maximum Gasteiger partial charge on any atom is 0.314 e. The van der Waals surface area contributed by atoms with Crippen LogP contribution in [-0.2, 0) is 9.53 Å². The monoisotopic (exact) mass is 226 g/mol. The average molecular weight is 226 g/mol. The molecule has 0 heterocycles. The summed E-state index contributed by atoms with van der Waals surface area (Å²) in [7, 11) is 0. The molecule has 0 radical (unpaired) electrons. The predicted molar refractivity (Wildman–Crippen MR) is 62.9 cm³/mol. The van der Waals surface area contributed by atoms with Crippen LogP contribution in [0.2, 0.25) is 0 Å². The molecule has 1 rings (SSSR count). The van der Waals surface area contributed by atoms with E-state index in [9.17, 15) is 9.90 Å². The number of ether oxygens (including phenoxy) is 1. The van der Waals surface area contributed by atoms with Crippen molar-refractivity contribution in [3.05, 3.63) is 12.2 Å². The van der Waals surface area contributed by atoms with Crippen LogP contribution >= 0.6 is 0 Å². The van der Waals surface area contributed by atoms with Crippen LogP contribution in [0, 0.1) is 11.3 Å². The van der Waals surface area contributed by atoms with Gasteiger partial charge in [0.05, 0.1) is 17.6 Å². The van der Waals surface area contributed by atoms with Gasteiger partial charge in [-0.15, -0.1) is 0 Å². The quantitative estimate of drug-likeness (QED) is 0.593. The average Bonchev–Trinajstić information content (AvgIpc) is 2.43. The molecule has 92 valence electrons. The number of hydrogen-bond donors (Lipinski definition) is 1. The van der Waals surface area contributed by atoms with Crippen LogP contribution in [0.15, 0.2) is 12.2 Å². The van der Waals surface area contributed by atoms with Gasteiger partial charge in [-0.25, -0.2) is 0 Å². The van der Waals surface area contributed by atoms with Crippen molar-refractivity contribution in [2.75, 3.05) is 0 Å². The fraction of sp³-hybridized carbons (Fsp3) is 0.769. The van der Waals surface area contributed by atoms with Crippen LogP contribution in [0.5, 0.6) is 0 Å². The van der Waals surface area contributed by atoms with E-state index >= 15 is 0 Å². The first-order valence-electron chi connectivity index (χ1n) is 5.82. The van der Waals surface area contributed by atoms with Crippen molar-refractivity contribution in [2.45, 2.75) is 52.7 Å². The van der Waals surface area contributed by atoms with Gasteiger partial charge in [0.25, 0.3) is 0 Å². The molecule has 1 N–H and O–H groups in total. The molecule has 0 aliphatic heterocycles. The maximum atomic E-state index is 11.9. The molecule has 0 aromatic carbocycles. The Labute approximate surface area is 97.5 Å². The Bertz CT molecular complexity index is 296. The third-order valence-corrected chi connectivity index (χ3v) is 3.42. The van der Waals surface area contributed by atoms with E-state index in [-0.39, 0.29) is 18.0 Å². The standard InChI is InChI=1S/C13H22O3/c1-8(2)10-6-11(14)13(5,7-10)12(15)16-9(3)4/h9-11,14H,1,6-7H2,2-5H3/t10-,11+,13+/m1/s1. The highest BCUT2D eigenvalue weighted by Gasteiger charge is 2.49. The first kappa shape index (κ1) is 13.2. The number of carbonyl (C=O) groups excluding carboxylic acids is 1. The second kappa shape index (κ2) is 4.58. The number of allylic oxidation sites excluding steroid dienone is 1. The van der Waals surface area contributed by atoms with E-state index in [0.29, 0.717) is 12.8 Å². The number of aliphatic hydroxyl groups excluding tert-OH is 1. The van der Waals surface area contributed by atoms with Gasteiger partial charge in [-0.3, -0.25) is 4.79 Å². The van der Waals surface area contributed by atoms with Crippen molar-refractivity contribution in [1.82, 2.24) is 0 Å². The van der Waals surface area contributed by atoms with Gasteiger partial charge >= 0.3 is 5.97 Å². The third kappa shape index (κ3) is 2.46. The summed E-state index contributed by atoms with van der Waals surface area (Å²) < 4.78 is 5.21. The Kier molecular flexibility index (Phi) is 3.79. The molecule has 1 aliphatic carbocycles. The molecular weight excluding hydrogens is 204 g/mol. The SMILES string of the molecule is C=C(C)[C@@H]1C[C@H](O)[C@@](C)(C(=O)OC(C)C)C1. The molecule has 0 spiro atoms. The first-order chi connectivity index (χ1) is 7.27. The van der Waals surface area contributed by atoms with E-state index in [1.807, 2.05) is 20.8 Å². The molecule has 0 aromatic heterocycles. The van der Waals surface area contributed by atoms with Crippen molar-refractivity contribution in [3.8, 4) is 0 Å². The lowest BCUT2D eigenvalue weighted by Gasteiger charge is -2.26. The van der Waals surface area contributed by atoms with Gasteiger partial charge in [-0.2, -0.15) is 0 Å². The lowest BCUT2D eigenvalue weighted by Crippen LogP contribution is -2.38. The summed E-state index contributed by atoms with van der Waals surface area (Å²) in [6, 6.07) is 0. The molecule has 0 saturated heterocycles. The van der Waals surface area contributed by atoms with E-state index in [1.54, 1.807) is 6.92 Å². The molecule has 0 aromatic rings. The van der Waals surface area contributed by atoms with Crippen LogP contribution in [0.3, 0.4) is 0 Å². The molecule has 3 nitrogen and oxygen atoms in total. The highest BCUT2D eigenvalue weighted by molar-refractivity contribution is 5.78. The molecule has 16 heavy (non-hydrogen) atoms. The third-order valence-electron chi connectivity index (χ3n) is 3.42. The fourth-order valence-corrected chi connectivity index (χ4v) is 2.20. The Morgan fingerprint density at radius 1 is 1.56 bits per heavy atom. The summed E-state index contributed by atoms with van der Waals surface area (Å²) in [6.45, 7) is 11.3. The van der Waals surface area contributed by atoms with Gasteiger partial charge in [0.2, 0.25) is 0 Å². The minimum absolute atomic E-state index is 0.139. The Balaban J connectivity index is 2.77. The zero-order chi connectivity index (χ0) is 12.5. The van der Waals surface area contributed by atoms with E-state index < -0.39 is 11.5 Å². The number of hydrogen-bond acceptors (Lipinski definition) is 3. The molecule has 1 aliphatic rings. The van der Waals surface area contributed by atoms with Crippen molar-refractivity contribution >= 4 is 5.97 Å². The van der Waals surface area contributed by atoms with Crippen LogP contribution in [-0.4, -0.2) is 23.3 Å². The summed E-state index contributed by atoms with van der Waals surface area (Å²) in [4.78, 5) is 11.9. The molecule has 1 fully saturated rings. The van der Waals surface area contributed by atoms with Gasteiger partial charge in [0.1, 0.15) is 0 Å². The predicted octanol–water partition coefficient (Wildman–Crippen LogP) is 2.29. The van der Waals surface area contributed by atoms with Crippen molar-refractivity contribution in [1.29, 1.82) is 0 Å². The number of aliphatic hydroxyl groups is 1. The van der Waals surface area contributed by atoms with Gasteiger partial charge in [-0.1, -0.05) is 12.2 Å². The molecule has 3 heteroatoms. The lowest BCUT2D eigenvalue weighted by atomic mass is 9.85. The van der Waals surface area contributed by atoms with E-state index in [4.69, 9.17) is 4.74 Å². The Morgan fingerprint density at radius 2 is 2.12 bits per heavy atom. The summed E-state index contributed by atoms with van der Waals surface area (Å²) in [6.07, 6.45) is 0.481. The van der Waals surface area contributed by atoms with Crippen LogP contribution < -0.4 is 0 Å². The second-order valence-corrected chi connectivity index (χ2v) is 5.37. The minimum Gasteiger partial charge on any atom is -0.462 e. The molecule has 0 bridgehead atoms. The van der Waals surface area contributed by atoms with Crippen molar-refractivity contribution < 1.29 is 14.6 Å². The van der Waals surface area contributed by atoms with Gasteiger partial charge < -0.3 is 9.84 Å². The molecule has 3 atom stereocenters. The summed E-state index contributed by atoms with van der Waals surface area (Å²) in [5.74, 6) is -0.0709. The zero-order valence-electron chi connectivity index (χ0n) is 10.6. The normalized spacial score (nSPS) is 34.1. The maximum absolute atomic E-state index is 11.9. The number of rotatable bonds is 3. The van der Waals surface area contributed by atoms with Gasteiger partial charge in [-0.05, 0) is 46.5 Å². The molecular formula is C13H22O3.